The summed E-state index contributed by atoms with van der Waals surface area (Å²) >= 11 is 0. The highest BCUT2D eigenvalue weighted by Gasteiger charge is 2.46. The predicted molar refractivity (Wildman–Crippen MR) is 49.5 cm³/mol. The van der Waals surface area contributed by atoms with Crippen molar-refractivity contribution in [3.05, 3.63) is 24.0 Å². The van der Waals surface area contributed by atoms with Crippen LogP contribution in [0.15, 0.2) is 18.3 Å². The summed E-state index contributed by atoms with van der Waals surface area (Å²) in [4.78, 5) is 11.3. The minimum absolute atomic E-state index is 0.00616. The predicted octanol–water partition coefficient (Wildman–Crippen LogP) is 1.14. The van der Waals surface area contributed by atoms with E-state index in [4.69, 9.17) is 4.74 Å². The monoisotopic (exact) mass is 192 g/mol. The smallest absolute Gasteiger partial charge is 0.309 e. The zero-order valence-corrected chi connectivity index (χ0v) is 8.01. The fraction of sp³-hybridized carbons (Fsp3) is 0.500. The van der Waals surface area contributed by atoms with E-state index >= 15 is 0 Å². The van der Waals surface area contributed by atoms with Gasteiger partial charge in [0, 0.05) is 12.1 Å². The molecule has 0 N–H and O–H groups in total. The van der Waals surface area contributed by atoms with Gasteiger partial charge in [0.25, 0.3) is 0 Å². The number of nitrogens with zero attached hydrogens (tertiary/aromatic N) is 2. The molecule has 1 aliphatic carbocycles. The molecule has 74 valence electrons. The molecular weight excluding hydrogens is 180 g/mol. The standard InChI is InChI=1S/C10H12N2O2/c1-2-14-10(13)8-6-7(8)9-4-3-5-11-12-9/h3-5,7-8H,2,6H2,1H3. The van der Waals surface area contributed by atoms with Crippen LogP contribution in [0.1, 0.15) is 25.0 Å². The Labute approximate surface area is 82.3 Å². The van der Waals surface area contributed by atoms with E-state index in [1.165, 1.54) is 0 Å². The van der Waals surface area contributed by atoms with Gasteiger partial charge in [-0.25, -0.2) is 0 Å². The van der Waals surface area contributed by atoms with Gasteiger partial charge in [0.2, 0.25) is 0 Å². The first-order valence-electron chi connectivity index (χ1n) is 4.77. The maximum atomic E-state index is 11.3. The zero-order valence-electron chi connectivity index (χ0n) is 8.01. The van der Waals surface area contributed by atoms with Gasteiger partial charge in [-0.2, -0.15) is 10.2 Å². The molecule has 1 heterocycles. The lowest BCUT2D eigenvalue weighted by molar-refractivity contribution is -0.144. The first-order chi connectivity index (χ1) is 6.83. The highest BCUT2D eigenvalue weighted by atomic mass is 16.5. The van der Waals surface area contributed by atoms with Crippen molar-refractivity contribution in [3.8, 4) is 0 Å². The Morgan fingerprint density at radius 1 is 1.71 bits per heavy atom. The summed E-state index contributed by atoms with van der Waals surface area (Å²) < 4.78 is 4.93. The van der Waals surface area contributed by atoms with Crippen LogP contribution in [0.25, 0.3) is 0 Å². The van der Waals surface area contributed by atoms with Gasteiger partial charge in [-0.05, 0) is 25.5 Å². The Kier molecular flexibility index (Phi) is 2.43. The molecule has 0 amide bonds. The molecule has 4 nitrogen and oxygen atoms in total. The van der Waals surface area contributed by atoms with Gasteiger partial charge >= 0.3 is 5.97 Å². The van der Waals surface area contributed by atoms with Crippen molar-refractivity contribution in [1.29, 1.82) is 0 Å². The van der Waals surface area contributed by atoms with E-state index in [9.17, 15) is 4.79 Å². The molecule has 2 unspecified atom stereocenters. The highest BCUT2D eigenvalue weighted by molar-refractivity contribution is 5.77. The fourth-order valence-corrected chi connectivity index (χ4v) is 1.54. The summed E-state index contributed by atoms with van der Waals surface area (Å²) in [7, 11) is 0. The van der Waals surface area contributed by atoms with Crippen LogP contribution in [0.3, 0.4) is 0 Å². The lowest BCUT2D eigenvalue weighted by Gasteiger charge is -1.99. The lowest BCUT2D eigenvalue weighted by Crippen LogP contribution is -2.07. The molecule has 0 radical (unpaired) electrons. The number of hydrogen-bond donors (Lipinski definition) is 0. The van der Waals surface area contributed by atoms with Gasteiger partial charge in [-0.15, -0.1) is 0 Å². The molecule has 0 aromatic carbocycles. The molecule has 2 rings (SSSR count). The van der Waals surface area contributed by atoms with E-state index in [1.54, 1.807) is 6.20 Å². The van der Waals surface area contributed by atoms with Crippen LogP contribution in [-0.2, 0) is 9.53 Å². The van der Waals surface area contributed by atoms with Crippen molar-refractivity contribution >= 4 is 5.97 Å². The SMILES string of the molecule is CCOC(=O)C1CC1c1cccnn1. The van der Waals surface area contributed by atoms with Gasteiger partial charge in [-0.3, -0.25) is 4.79 Å². The van der Waals surface area contributed by atoms with Gasteiger partial charge < -0.3 is 4.74 Å². The number of esters is 1. The van der Waals surface area contributed by atoms with Crippen molar-refractivity contribution in [1.82, 2.24) is 10.2 Å². The molecule has 0 spiro atoms. The van der Waals surface area contributed by atoms with Crippen molar-refractivity contribution in [2.45, 2.75) is 19.3 Å². The van der Waals surface area contributed by atoms with Crippen LogP contribution >= 0.6 is 0 Å². The van der Waals surface area contributed by atoms with E-state index < -0.39 is 0 Å². The number of ether oxygens (including phenoxy) is 1. The minimum atomic E-state index is -0.108. The normalized spacial score (nSPS) is 24.4. The minimum Gasteiger partial charge on any atom is -0.466 e. The number of carbonyl (C=O) groups is 1. The van der Waals surface area contributed by atoms with Crippen LogP contribution in [0.5, 0.6) is 0 Å². The van der Waals surface area contributed by atoms with Crippen LogP contribution in [0.4, 0.5) is 0 Å². The first kappa shape index (κ1) is 9.12. The van der Waals surface area contributed by atoms with Crippen molar-refractivity contribution < 1.29 is 9.53 Å². The number of hydrogen-bond acceptors (Lipinski definition) is 4. The molecule has 0 saturated heterocycles. The van der Waals surface area contributed by atoms with Crippen molar-refractivity contribution in [2.24, 2.45) is 5.92 Å². The van der Waals surface area contributed by atoms with E-state index in [-0.39, 0.29) is 17.8 Å². The molecule has 1 fully saturated rings. The van der Waals surface area contributed by atoms with Crippen LogP contribution < -0.4 is 0 Å². The van der Waals surface area contributed by atoms with E-state index in [2.05, 4.69) is 10.2 Å². The second kappa shape index (κ2) is 3.74. The highest BCUT2D eigenvalue weighted by Crippen LogP contribution is 2.47. The Morgan fingerprint density at radius 2 is 2.57 bits per heavy atom. The molecule has 1 saturated carbocycles. The molecule has 1 aliphatic rings. The third-order valence-electron chi connectivity index (χ3n) is 2.35. The molecule has 14 heavy (non-hydrogen) atoms. The summed E-state index contributed by atoms with van der Waals surface area (Å²) in [6.45, 7) is 2.26. The summed E-state index contributed by atoms with van der Waals surface area (Å²) in [5.41, 5.74) is 0.894. The average Bonchev–Trinajstić information content (AvgIpc) is 2.99. The Hall–Kier alpha value is -1.45. The molecule has 0 bridgehead atoms. The molecule has 1 aromatic heterocycles. The van der Waals surface area contributed by atoms with E-state index in [1.807, 2.05) is 19.1 Å². The van der Waals surface area contributed by atoms with Gasteiger partial charge in [-0.1, -0.05) is 0 Å². The summed E-state index contributed by atoms with van der Waals surface area (Å²) in [5.74, 6) is 0.123. The quantitative estimate of drug-likeness (QED) is 0.674. The third kappa shape index (κ3) is 1.73. The second-order valence-electron chi connectivity index (χ2n) is 3.35. The van der Waals surface area contributed by atoms with Crippen molar-refractivity contribution in [2.75, 3.05) is 6.61 Å². The number of aromatic nitrogens is 2. The molecule has 1 aromatic rings. The Bertz CT molecular complexity index is 326. The Balaban J connectivity index is 1.96. The lowest BCUT2D eigenvalue weighted by atomic mass is 10.2. The van der Waals surface area contributed by atoms with Crippen molar-refractivity contribution in [3.63, 3.8) is 0 Å². The molecule has 4 heteroatoms. The molecular formula is C10H12N2O2. The van der Waals surface area contributed by atoms with E-state index in [0.717, 1.165) is 12.1 Å². The largest absolute Gasteiger partial charge is 0.466 e. The van der Waals surface area contributed by atoms with Gasteiger partial charge in [0.05, 0.1) is 18.2 Å². The summed E-state index contributed by atoms with van der Waals surface area (Å²) in [6, 6.07) is 3.74. The topological polar surface area (TPSA) is 52.1 Å². The molecule has 2 atom stereocenters. The van der Waals surface area contributed by atoms with Gasteiger partial charge in [0.15, 0.2) is 0 Å². The van der Waals surface area contributed by atoms with Crippen LogP contribution in [0, 0.1) is 5.92 Å². The van der Waals surface area contributed by atoms with Crippen LogP contribution in [-0.4, -0.2) is 22.8 Å². The van der Waals surface area contributed by atoms with E-state index in [0.29, 0.717) is 6.61 Å². The average molecular weight is 192 g/mol. The Morgan fingerprint density at radius 3 is 3.21 bits per heavy atom. The third-order valence-corrected chi connectivity index (χ3v) is 2.35. The molecule has 0 aliphatic heterocycles. The maximum Gasteiger partial charge on any atom is 0.309 e. The second-order valence-corrected chi connectivity index (χ2v) is 3.35. The zero-order chi connectivity index (χ0) is 9.97. The summed E-state index contributed by atoms with van der Waals surface area (Å²) in [6.07, 6.45) is 2.47. The fourth-order valence-electron chi connectivity index (χ4n) is 1.54. The summed E-state index contributed by atoms with van der Waals surface area (Å²) in [5, 5.41) is 7.76. The number of rotatable bonds is 3. The first-order valence-corrected chi connectivity index (χ1v) is 4.77. The number of carbonyl (C=O) groups excluding carboxylic acids is 1. The van der Waals surface area contributed by atoms with Gasteiger partial charge in [0.1, 0.15) is 0 Å². The van der Waals surface area contributed by atoms with Crippen LogP contribution in [0.2, 0.25) is 0 Å². The maximum absolute atomic E-state index is 11.3.